The topological polar surface area (TPSA) is 64.6 Å². The molecule has 5 heteroatoms. The van der Waals surface area contributed by atoms with Crippen LogP contribution < -0.4 is 5.32 Å². The van der Waals surface area contributed by atoms with E-state index in [-0.39, 0.29) is 11.9 Å². The Morgan fingerprint density at radius 2 is 1.59 bits per heavy atom. The van der Waals surface area contributed by atoms with Crippen molar-refractivity contribution in [2.75, 3.05) is 13.2 Å². The third-order valence-electron chi connectivity index (χ3n) is 3.21. The summed E-state index contributed by atoms with van der Waals surface area (Å²) < 4.78 is 10.2. The van der Waals surface area contributed by atoms with Crippen molar-refractivity contribution in [2.24, 2.45) is 5.92 Å². The Morgan fingerprint density at radius 3 is 2.18 bits per heavy atom. The van der Waals surface area contributed by atoms with Gasteiger partial charge in [-0.3, -0.25) is 0 Å². The van der Waals surface area contributed by atoms with E-state index in [4.69, 9.17) is 9.47 Å². The minimum absolute atomic E-state index is 0.286. The maximum absolute atomic E-state index is 12.1. The van der Waals surface area contributed by atoms with Gasteiger partial charge in [0.15, 0.2) is 0 Å². The van der Waals surface area contributed by atoms with Crippen LogP contribution in [0.1, 0.15) is 72.6 Å². The summed E-state index contributed by atoms with van der Waals surface area (Å²) in [6.07, 6.45) is 6.29. The summed E-state index contributed by atoms with van der Waals surface area (Å²) >= 11 is 0. The molecular formula is C17H33NO4. The monoisotopic (exact) mass is 315 g/mol. The molecule has 0 aliphatic carbocycles. The van der Waals surface area contributed by atoms with E-state index in [9.17, 15) is 9.59 Å². The van der Waals surface area contributed by atoms with Crippen molar-refractivity contribution in [3.05, 3.63) is 0 Å². The molecule has 0 aliphatic heterocycles. The lowest BCUT2D eigenvalue weighted by atomic mass is 10.0. The van der Waals surface area contributed by atoms with Crippen LogP contribution in [0.25, 0.3) is 0 Å². The molecule has 0 aromatic heterocycles. The van der Waals surface area contributed by atoms with Gasteiger partial charge >= 0.3 is 12.1 Å². The van der Waals surface area contributed by atoms with E-state index < -0.39 is 12.1 Å². The predicted molar refractivity (Wildman–Crippen MR) is 87.7 cm³/mol. The average Bonchev–Trinajstić information content (AvgIpc) is 2.47. The Kier molecular flexibility index (Phi) is 12.6. The first-order valence-corrected chi connectivity index (χ1v) is 8.61. The zero-order valence-electron chi connectivity index (χ0n) is 14.7. The molecule has 0 heterocycles. The molecule has 0 aromatic carbocycles. The van der Waals surface area contributed by atoms with E-state index in [0.717, 1.165) is 19.3 Å². The first-order chi connectivity index (χ1) is 10.5. The molecule has 1 atom stereocenters. The smallest absolute Gasteiger partial charge is 0.407 e. The number of hydrogen-bond donors (Lipinski definition) is 1. The van der Waals surface area contributed by atoms with Gasteiger partial charge in [-0.05, 0) is 25.2 Å². The number of esters is 1. The van der Waals surface area contributed by atoms with Crippen molar-refractivity contribution in [2.45, 2.75) is 78.7 Å². The normalized spacial score (nSPS) is 12.0. The van der Waals surface area contributed by atoms with Crippen molar-refractivity contribution in [3.63, 3.8) is 0 Å². The molecule has 130 valence electrons. The molecule has 0 saturated carbocycles. The number of carbonyl (C=O) groups excluding carboxylic acids is 2. The Labute approximate surface area is 135 Å². The number of amides is 1. The molecule has 0 aromatic rings. The lowest BCUT2D eigenvalue weighted by Crippen LogP contribution is -2.43. The van der Waals surface area contributed by atoms with Crippen molar-refractivity contribution < 1.29 is 19.1 Å². The second-order valence-corrected chi connectivity index (χ2v) is 6.04. The van der Waals surface area contributed by atoms with Crippen LogP contribution in [0.4, 0.5) is 4.79 Å². The number of ether oxygens (including phenoxy) is 2. The first kappa shape index (κ1) is 20.7. The van der Waals surface area contributed by atoms with Gasteiger partial charge in [0.2, 0.25) is 0 Å². The lowest BCUT2D eigenvalue weighted by Gasteiger charge is -2.19. The van der Waals surface area contributed by atoms with Crippen molar-refractivity contribution >= 4 is 12.1 Å². The highest BCUT2D eigenvalue weighted by atomic mass is 16.6. The minimum atomic E-state index is -0.625. The van der Waals surface area contributed by atoms with E-state index in [0.29, 0.717) is 19.6 Å². The molecule has 1 N–H and O–H groups in total. The third kappa shape index (κ3) is 11.4. The molecule has 0 saturated heterocycles. The molecule has 0 aliphatic rings. The predicted octanol–water partition coefficient (Wildman–Crippen LogP) is 4.05. The van der Waals surface area contributed by atoms with Crippen LogP contribution in [0.3, 0.4) is 0 Å². The van der Waals surface area contributed by atoms with Crippen molar-refractivity contribution in [1.82, 2.24) is 5.32 Å². The van der Waals surface area contributed by atoms with E-state index in [1.54, 1.807) is 0 Å². The molecule has 0 fully saturated rings. The van der Waals surface area contributed by atoms with Gasteiger partial charge in [-0.2, -0.15) is 0 Å². The summed E-state index contributed by atoms with van der Waals surface area (Å²) in [4.78, 5) is 23.7. The maximum Gasteiger partial charge on any atom is 0.407 e. The molecule has 0 radical (unpaired) electrons. The van der Waals surface area contributed by atoms with E-state index in [2.05, 4.69) is 12.2 Å². The molecule has 0 bridgehead atoms. The van der Waals surface area contributed by atoms with Gasteiger partial charge in [0, 0.05) is 0 Å². The Morgan fingerprint density at radius 1 is 0.909 bits per heavy atom. The second-order valence-electron chi connectivity index (χ2n) is 6.04. The molecule has 0 spiro atoms. The standard InChI is InChI=1S/C17H33NO4/c1-5-7-8-9-10-12-21-16(19)15(13-14(3)4)18-17(20)22-11-6-2/h14-15H,5-13H2,1-4H3,(H,18,20). The van der Waals surface area contributed by atoms with Gasteiger partial charge in [-0.1, -0.05) is 53.4 Å². The van der Waals surface area contributed by atoms with Gasteiger partial charge < -0.3 is 14.8 Å². The summed E-state index contributed by atoms with van der Waals surface area (Å²) in [5.41, 5.74) is 0. The van der Waals surface area contributed by atoms with Crippen LogP contribution in [0.5, 0.6) is 0 Å². The molecule has 5 nitrogen and oxygen atoms in total. The zero-order valence-corrected chi connectivity index (χ0v) is 14.7. The summed E-state index contributed by atoms with van der Waals surface area (Å²) in [5, 5.41) is 2.61. The summed E-state index contributed by atoms with van der Waals surface area (Å²) in [5.74, 6) is -0.0776. The fourth-order valence-corrected chi connectivity index (χ4v) is 2.04. The Bertz CT molecular complexity index is 305. The second kappa shape index (κ2) is 13.4. The first-order valence-electron chi connectivity index (χ1n) is 8.61. The Balaban J connectivity index is 4.13. The van der Waals surface area contributed by atoms with Crippen LogP contribution in [0.2, 0.25) is 0 Å². The van der Waals surface area contributed by atoms with Crippen LogP contribution >= 0.6 is 0 Å². The van der Waals surface area contributed by atoms with Crippen LogP contribution in [-0.2, 0) is 14.3 Å². The fourth-order valence-electron chi connectivity index (χ4n) is 2.04. The van der Waals surface area contributed by atoms with Crippen molar-refractivity contribution in [1.29, 1.82) is 0 Å². The van der Waals surface area contributed by atoms with Gasteiger partial charge in [-0.25, -0.2) is 9.59 Å². The fraction of sp³-hybridized carbons (Fsp3) is 0.882. The highest BCUT2D eigenvalue weighted by molar-refractivity contribution is 5.81. The van der Waals surface area contributed by atoms with E-state index >= 15 is 0 Å². The lowest BCUT2D eigenvalue weighted by molar-refractivity contribution is -0.146. The molecule has 0 rings (SSSR count). The number of carbonyl (C=O) groups is 2. The third-order valence-corrected chi connectivity index (χ3v) is 3.21. The SMILES string of the molecule is CCCCCCCOC(=O)C(CC(C)C)NC(=O)OCCC. The number of hydrogen-bond acceptors (Lipinski definition) is 4. The van der Waals surface area contributed by atoms with E-state index in [1.807, 2.05) is 20.8 Å². The number of unbranched alkanes of at least 4 members (excludes halogenated alkanes) is 4. The van der Waals surface area contributed by atoms with Crippen LogP contribution in [0, 0.1) is 5.92 Å². The largest absolute Gasteiger partial charge is 0.464 e. The van der Waals surface area contributed by atoms with Gasteiger partial charge in [0.05, 0.1) is 13.2 Å². The number of alkyl carbamates (subject to hydrolysis) is 1. The quantitative estimate of drug-likeness (QED) is 0.436. The highest BCUT2D eigenvalue weighted by Gasteiger charge is 2.23. The van der Waals surface area contributed by atoms with Crippen LogP contribution in [0.15, 0.2) is 0 Å². The Hall–Kier alpha value is -1.26. The number of rotatable bonds is 12. The summed E-state index contributed by atoms with van der Waals surface area (Å²) in [6.45, 7) is 8.87. The van der Waals surface area contributed by atoms with E-state index in [1.165, 1.54) is 19.3 Å². The molecular weight excluding hydrogens is 282 g/mol. The summed E-state index contributed by atoms with van der Waals surface area (Å²) in [7, 11) is 0. The maximum atomic E-state index is 12.1. The van der Waals surface area contributed by atoms with Crippen LogP contribution in [-0.4, -0.2) is 31.3 Å². The zero-order chi connectivity index (χ0) is 16.8. The van der Waals surface area contributed by atoms with Gasteiger partial charge in [0.25, 0.3) is 0 Å². The minimum Gasteiger partial charge on any atom is -0.464 e. The van der Waals surface area contributed by atoms with Gasteiger partial charge in [-0.15, -0.1) is 0 Å². The molecule has 1 unspecified atom stereocenters. The summed E-state index contributed by atoms with van der Waals surface area (Å²) in [6, 6.07) is -0.625. The highest BCUT2D eigenvalue weighted by Crippen LogP contribution is 2.08. The molecule has 1 amide bonds. The van der Waals surface area contributed by atoms with Crippen molar-refractivity contribution in [3.8, 4) is 0 Å². The molecule has 22 heavy (non-hydrogen) atoms. The van der Waals surface area contributed by atoms with Gasteiger partial charge in [0.1, 0.15) is 6.04 Å². The number of nitrogens with one attached hydrogen (secondary N) is 1. The average molecular weight is 315 g/mol.